The number of carbonyl (C=O) groups excluding carboxylic acids is 1. The molecule has 1 fully saturated rings. The largest absolute Gasteiger partial charge is 0.502 e. The Morgan fingerprint density at radius 2 is 1.91 bits per heavy atom. The minimum absolute atomic E-state index is 0.00919. The summed E-state index contributed by atoms with van der Waals surface area (Å²) in [5, 5.41) is 11.0. The Kier molecular flexibility index (Phi) is 8.12. The molecule has 10 nitrogen and oxygen atoms in total. The lowest BCUT2D eigenvalue weighted by Gasteiger charge is -2.42. The number of rotatable bonds is 10. The molecule has 3 aliphatic rings. The summed E-state index contributed by atoms with van der Waals surface area (Å²) < 4.78 is 20.0. The predicted molar refractivity (Wildman–Crippen MR) is 170 cm³/mol. The van der Waals surface area contributed by atoms with Crippen molar-refractivity contribution in [2.75, 3.05) is 26.3 Å². The molecular formula is C36H37N3O7. The van der Waals surface area contributed by atoms with Crippen molar-refractivity contribution in [1.29, 1.82) is 0 Å². The molecule has 3 aliphatic heterocycles. The molecule has 46 heavy (non-hydrogen) atoms. The van der Waals surface area contributed by atoms with Crippen LogP contribution in [0.2, 0.25) is 0 Å². The SMILES string of the molecule is NC(=O)CC(c1ccccc1OCCc1ccc2c(c1)CCO2)c1oc(CN2C[C@@H]3C[C@@H](C2)c2cccc(=O)n2C3)cc(=O)c1O. The van der Waals surface area contributed by atoms with E-state index < -0.39 is 23.0 Å². The van der Waals surface area contributed by atoms with Gasteiger partial charge < -0.3 is 29.3 Å². The molecule has 2 aromatic heterocycles. The van der Waals surface area contributed by atoms with Gasteiger partial charge in [0.2, 0.25) is 17.1 Å². The lowest BCUT2D eigenvalue weighted by molar-refractivity contribution is -0.118. The summed E-state index contributed by atoms with van der Waals surface area (Å²) in [5.41, 5.74) is 9.08. The first kappa shape index (κ1) is 29.9. The van der Waals surface area contributed by atoms with Crippen LogP contribution in [0.25, 0.3) is 0 Å². The van der Waals surface area contributed by atoms with E-state index in [2.05, 4.69) is 11.0 Å². The molecule has 0 spiro atoms. The zero-order valence-electron chi connectivity index (χ0n) is 25.5. The maximum absolute atomic E-state index is 13.1. The van der Waals surface area contributed by atoms with E-state index in [1.54, 1.807) is 18.2 Å². The number of hydrogen-bond acceptors (Lipinski definition) is 8. The van der Waals surface area contributed by atoms with Gasteiger partial charge in [0.25, 0.3) is 5.56 Å². The zero-order valence-corrected chi connectivity index (χ0v) is 25.5. The Hall–Kier alpha value is -4.83. The highest BCUT2D eigenvalue weighted by Gasteiger charge is 2.35. The molecular weight excluding hydrogens is 586 g/mol. The summed E-state index contributed by atoms with van der Waals surface area (Å²) in [5.74, 6) is 0.327. The van der Waals surface area contributed by atoms with Gasteiger partial charge in [0.15, 0.2) is 5.76 Å². The minimum atomic E-state index is -0.835. The predicted octanol–water partition coefficient (Wildman–Crippen LogP) is 3.69. The normalized spacial score (nSPS) is 19.1. The molecule has 238 valence electrons. The molecule has 10 heteroatoms. The summed E-state index contributed by atoms with van der Waals surface area (Å²) in [6.07, 6.45) is 2.37. The number of hydrogen-bond donors (Lipinski definition) is 2. The molecule has 0 saturated carbocycles. The molecule has 3 atom stereocenters. The topological polar surface area (TPSA) is 137 Å². The van der Waals surface area contributed by atoms with Crippen LogP contribution in [0.4, 0.5) is 0 Å². The van der Waals surface area contributed by atoms with E-state index in [0.29, 0.717) is 62.3 Å². The van der Waals surface area contributed by atoms with E-state index in [9.17, 15) is 19.5 Å². The van der Waals surface area contributed by atoms with Gasteiger partial charge in [0.1, 0.15) is 17.3 Å². The monoisotopic (exact) mass is 623 g/mol. The van der Waals surface area contributed by atoms with Gasteiger partial charge in [-0.3, -0.25) is 19.3 Å². The van der Waals surface area contributed by atoms with Crippen LogP contribution in [0, 0.1) is 5.92 Å². The Morgan fingerprint density at radius 1 is 1.04 bits per heavy atom. The number of aromatic nitrogens is 1. The third-order valence-corrected chi connectivity index (χ3v) is 9.35. The third-order valence-electron chi connectivity index (χ3n) is 9.35. The van der Waals surface area contributed by atoms with E-state index in [0.717, 1.165) is 36.4 Å². The number of ether oxygens (including phenoxy) is 2. The summed E-state index contributed by atoms with van der Waals surface area (Å²) in [6, 6.07) is 20.1. The first-order valence-corrected chi connectivity index (χ1v) is 15.8. The Labute approximate surface area is 266 Å². The van der Waals surface area contributed by atoms with Crippen molar-refractivity contribution in [2.24, 2.45) is 11.7 Å². The number of para-hydroxylation sites is 1. The highest BCUT2D eigenvalue weighted by Crippen LogP contribution is 2.39. The molecule has 2 bridgehead atoms. The zero-order chi connectivity index (χ0) is 31.8. The number of nitrogens with two attached hydrogens (primary N) is 1. The smallest absolute Gasteiger partial charge is 0.250 e. The Bertz CT molecular complexity index is 1900. The second kappa shape index (κ2) is 12.5. The van der Waals surface area contributed by atoms with Crippen LogP contribution in [0.5, 0.6) is 17.2 Å². The van der Waals surface area contributed by atoms with Crippen LogP contribution in [-0.4, -0.2) is 46.8 Å². The quantitative estimate of drug-likeness (QED) is 0.273. The summed E-state index contributed by atoms with van der Waals surface area (Å²) >= 11 is 0. The van der Waals surface area contributed by atoms with Gasteiger partial charge in [-0.05, 0) is 41.7 Å². The molecule has 2 aromatic carbocycles. The Balaban J connectivity index is 1.13. The first-order chi connectivity index (χ1) is 22.3. The average molecular weight is 624 g/mol. The van der Waals surface area contributed by atoms with E-state index in [-0.39, 0.29) is 23.7 Å². The van der Waals surface area contributed by atoms with Crippen molar-refractivity contribution in [3.63, 3.8) is 0 Å². The average Bonchev–Trinajstić information content (AvgIpc) is 3.51. The number of nitrogens with zero attached hydrogens (tertiary/aromatic N) is 2. The van der Waals surface area contributed by atoms with Crippen LogP contribution < -0.4 is 26.2 Å². The lowest BCUT2D eigenvalue weighted by atomic mass is 9.83. The molecule has 0 radical (unpaired) electrons. The van der Waals surface area contributed by atoms with Crippen molar-refractivity contribution in [2.45, 2.75) is 50.6 Å². The van der Waals surface area contributed by atoms with Gasteiger partial charge >= 0.3 is 0 Å². The number of piperidine rings is 1. The fourth-order valence-electron chi connectivity index (χ4n) is 7.33. The van der Waals surface area contributed by atoms with Gasteiger partial charge in [0.05, 0.1) is 25.7 Å². The first-order valence-electron chi connectivity index (χ1n) is 15.8. The third kappa shape index (κ3) is 6.04. The fraction of sp³-hybridized carbons (Fsp3) is 0.361. The number of primary amides is 1. The van der Waals surface area contributed by atoms with E-state index in [1.165, 1.54) is 11.6 Å². The molecule has 1 unspecified atom stereocenters. The van der Waals surface area contributed by atoms with E-state index in [4.69, 9.17) is 19.6 Å². The molecule has 0 aliphatic carbocycles. The van der Waals surface area contributed by atoms with Crippen molar-refractivity contribution in [3.8, 4) is 17.2 Å². The fourth-order valence-corrected chi connectivity index (χ4v) is 7.33. The van der Waals surface area contributed by atoms with Crippen LogP contribution in [0.15, 0.2) is 80.7 Å². The maximum Gasteiger partial charge on any atom is 0.250 e. The minimum Gasteiger partial charge on any atom is -0.502 e. The van der Waals surface area contributed by atoms with E-state index >= 15 is 0 Å². The van der Waals surface area contributed by atoms with Crippen LogP contribution in [0.1, 0.15) is 58.6 Å². The second-order valence-electron chi connectivity index (χ2n) is 12.6. The van der Waals surface area contributed by atoms with Crippen LogP contribution in [-0.2, 0) is 30.7 Å². The van der Waals surface area contributed by atoms with Crippen LogP contribution in [0.3, 0.4) is 0 Å². The lowest BCUT2D eigenvalue weighted by Crippen LogP contribution is -2.46. The Morgan fingerprint density at radius 3 is 2.78 bits per heavy atom. The summed E-state index contributed by atoms with van der Waals surface area (Å²) in [4.78, 5) is 40.1. The van der Waals surface area contributed by atoms with Crippen molar-refractivity contribution < 1.29 is 23.8 Å². The summed E-state index contributed by atoms with van der Waals surface area (Å²) in [7, 11) is 0. The number of amides is 1. The van der Waals surface area contributed by atoms with Crippen molar-refractivity contribution >= 4 is 5.91 Å². The standard InChI is InChI=1S/C36H37N3O7/c37-33(41)17-28(27-4-1-2-6-32(27)45-12-10-22-8-9-31-24(14-22)11-13-44-31)36-35(43)30(40)16-26(46-36)21-38-18-23-15-25(20-38)29-5-3-7-34(42)39(29)19-23/h1-9,14,16,23,25,28,43H,10-13,15,17-21H2,(H2,37,41)/t23-,25-,28?/m0/s1. The molecule has 4 aromatic rings. The second-order valence-corrected chi connectivity index (χ2v) is 12.6. The number of benzene rings is 2. The molecule has 1 amide bonds. The highest BCUT2D eigenvalue weighted by atomic mass is 16.5. The molecule has 5 heterocycles. The number of carbonyl (C=O) groups is 1. The highest BCUT2D eigenvalue weighted by molar-refractivity contribution is 5.75. The van der Waals surface area contributed by atoms with Crippen molar-refractivity contribution in [1.82, 2.24) is 9.47 Å². The molecule has 1 saturated heterocycles. The van der Waals surface area contributed by atoms with Gasteiger partial charge in [0, 0.05) is 68.2 Å². The van der Waals surface area contributed by atoms with Gasteiger partial charge in [-0.1, -0.05) is 36.4 Å². The van der Waals surface area contributed by atoms with E-state index in [1.807, 2.05) is 41.0 Å². The van der Waals surface area contributed by atoms with Gasteiger partial charge in [-0.25, -0.2) is 0 Å². The van der Waals surface area contributed by atoms with Crippen molar-refractivity contribution in [3.05, 3.63) is 121 Å². The molecule has 3 N–H and O–H groups in total. The van der Waals surface area contributed by atoms with Crippen LogP contribution >= 0.6 is 0 Å². The number of fused-ring (bicyclic) bond motifs is 5. The van der Waals surface area contributed by atoms with Gasteiger partial charge in [-0.2, -0.15) is 0 Å². The molecule has 7 rings (SSSR count). The number of aromatic hydroxyl groups is 1. The summed E-state index contributed by atoms with van der Waals surface area (Å²) in [6.45, 7) is 3.53. The number of pyridine rings is 1. The maximum atomic E-state index is 13.1. The van der Waals surface area contributed by atoms with Gasteiger partial charge in [-0.15, -0.1) is 0 Å². The number of likely N-dealkylation sites (tertiary alicyclic amines) is 1.